The number of nitrogens with one attached hydrogen (secondary N) is 1. The zero-order chi connectivity index (χ0) is 24.0. The van der Waals surface area contributed by atoms with Gasteiger partial charge in [0.15, 0.2) is 5.16 Å². The average molecular weight is 474 g/mol. The van der Waals surface area contributed by atoms with E-state index >= 15 is 0 Å². The average Bonchev–Trinajstić information content (AvgIpc) is 3.12. The van der Waals surface area contributed by atoms with Crippen molar-refractivity contribution in [3.8, 4) is 11.3 Å². The van der Waals surface area contributed by atoms with E-state index in [1.54, 1.807) is 4.40 Å². The van der Waals surface area contributed by atoms with Gasteiger partial charge in [0.1, 0.15) is 6.54 Å². The number of rotatable bonds is 5. The zero-order valence-corrected chi connectivity index (χ0v) is 20.6. The Morgan fingerprint density at radius 2 is 1.88 bits per heavy atom. The molecule has 1 amide bonds. The number of hydrogen-bond acceptors (Lipinski definition) is 5. The summed E-state index contributed by atoms with van der Waals surface area (Å²) in [5.74, 6) is 0.907. The van der Waals surface area contributed by atoms with E-state index in [1.165, 1.54) is 22.0 Å². The van der Waals surface area contributed by atoms with Crippen LogP contribution in [0.1, 0.15) is 37.5 Å². The molecule has 1 aliphatic rings. The molecule has 4 aromatic rings. The van der Waals surface area contributed by atoms with Crippen molar-refractivity contribution in [2.45, 2.75) is 51.2 Å². The minimum atomic E-state index is -0.368. The standard InChI is InChI=1S/C26H27N5O2S/c1-5-34-25-29-30(15-20(32)27-19-13-9-6-10-16(19)2)24-28-22-18-12-8-7-11-17(18)14-26(3,4)21(22)23(33)31(24)25/h6-13H,5,14-15H2,1-4H3,(H,27,32). The summed E-state index contributed by atoms with van der Waals surface area (Å²) in [6.07, 6.45) is 0.766. The lowest BCUT2D eigenvalue weighted by Gasteiger charge is -2.32. The van der Waals surface area contributed by atoms with Crippen molar-refractivity contribution in [3.05, 3.63) is 75.6 Å². The van der Waals surface area contributed by atoms with Gasteiger partial charge < -0.3 is 5.32 Å². The summed E-state index contributed by atoms with van der Waals surface area (Å²) in [5, 5.41) is 8.14. The van der Waals surface area contributed by atoms with Gasteiger partial charge in [-0.1, -0.05) is 75.0 Å². The fourth-order valence-electron chi connectivity index (χ4n) is 4.69. The van der Waals surface area contributed by atoms with Crippen LogP contribution in [0.4, 0.5) is 5.69 Å². The molecule has 0 unspecified atom stereocenters. The van der Waals surface area contributed by atoms with Gasteiger partial charge in [-0.15, -0.1) is 5.10 Å². The van der Waals surface area contributed by atoms with Gasteiger partial charge in [0.05, 0.1) is 11.3 Å². The third-order valence-electron chi connectivity index (χ3n) is 6.26. The lowest BCUT2D eigenvalue weighted by molar-refractivity contribution is -0.116. The largest absolute Gasteiger partial charge is 0.324 e. The number of benzene rings is 2. The Balaban J connectivity index is 1.66. The van der Waals surface area contributed by atoms with Crippen molar-refractivity contribution < 1.29 is 4.79 Å². The molecule has 7 nitrogen and oxygen atoms in total. The lowest BCUT2D eigenvalue weighted by Crippen LogP contribution is -2.36. The molecule has 0 aliphatic heterocycles. The number of aryl methyl sites for hydroxylation is 1. The summed E-state index contributed by atoms with van der Waals surface area (Å²) < 4.78 is 3.11. The number of carbonyl (C=O) groups excluding carboxylic acids is 1. The molecule has 5 rings (SSSR count). The Bertz CT molecular complexity index is 1480. The van der Waals surface area contributed by atoms with Gasteiger partial charge in [0, 0.05) is 16.7 Å². The molecular weight excluding hydrogens is 446 g/mol. The molecule has 174 valence electrons. The molecule has 2 aromatic heterocycles. The van der Waals surface area contributed by atoms with Crippen LogP contribution in [0.15, 0.2) is 58.5 Å². The van der Waals surface area contributed by atoms with Crippen molar-refractivity contribution in [2.75, 3.05) is 11.1 Å². The van der Waals surface area contributed by atoms with Crippen LogP contribution in [-0.4, -0.2) is 30.8 Å². The molecule has 2 aromatic carbocycles. The summed E-state index contributed by atoms with van der Waals surface area (Å²) in [6.45, 7) is 8.09. The van der Waals surface area contributed by atoms with E-state index < -0.39 is 0 Å². The molecule has 0 radical (unpaired) electrons. The molecule has 8 heteroatoms. The van der Waals surface area contributed by atoms with Crippen LogP contribution in [0.3, 0.4) is 0 Å². The number of para-hydroxylation sites is 1. The summed E-state index contributed by atoms with van der Waals surface area (Å²) in [4.78, 5) is 31.8. The normalized spacial score (nSPS) is 14.0. The molecule has 0 bridgehead atoms. The fourth-order valence-corrected chi connectivity index (χ4v) is 5.40. The Morgan fingerprint density at radius 1 is 1.15 bits per heavy atom. The molecule has 0 saturated carbocycles. The maximum Gasteiger partial charge on any atom is 0.265 e. The topological polar surface area (TPSA) is 81.3 Å². The van der Waals surface area contributed by atoms with Gasteiger partial charge in [-0.05, 0) is 36.3 Å². The Kier molecular flexibility index (Phi) is 5.56. The lowest BCUT2D eigenvalue weighted by atomic mass is 9.72. The number of anilines is 1. The van der Waals surface area contributed by atoms with Gasteiger partial charge in [-0.3, -0.25) is 9.59 Å². The number of aromatic nitrogens is 4. The molecule has 1 aliphatic carbocycles. The number of hydrogen-bond donors (Lipinski definition) is 1. The zero-order valence-electron chi connectivity index (χ0n) is 19.8. The highest BCUT2D eigenvalue weighted by atomic mass is 32.2. The molecule has 2 heterocycles. The monoisotopic (exact) mass is 473 g/mol. The highest BCUT2D eigenvalue weighted by Gasteiger charge is 2.36. The van der Waals surface area contributed by atoms with E-state index in [-0.39, 0.29) is 23.4 Å². The SMILES string of the molecule is CCSc1nn(CC(=O)Nc2ccccc2C)c2nc3c(c(=O)n12)C(C)(C)Cc1ccccc1-3. The number of nitrogens with zero attached hydrogens (tertiary/aromatic N) is 4. The Labute approximate surface area is 202 Å². The third-order valence-corrected chi connectivity index (χ3v) is 7.07. The first kappa shape index (κ1) is 22.4. The second kappa shape index (κ2) is 8.43. The quantitative estimate of drug-likeness (QED) is 0.433. The van der Waals surface area contributed by atoms with Crippen LogP contribution < -0.4 is 10.9 Å². The molecule has 0 spiro atoms. The smallest absolute Gasteiger partial charge is 0.265 e. The second-order valence-corrected chi connectivity index (χ2v) is 10.5. The van der Waals surface area contributed by atoms with Crippen LogP contribution in [0, 0.1) is 6.92 Å². The Morgan fingerprint density at radius 3 is 2.65 bits per heavy atom. The molecular formula is C26H27N5O2S. The molecule has 0 atom stereocenters. The first-order valence-electron chi connectivity index (χ1n) is 11.4. The summed E-state index contributed by atoms with van der Waals surface area (Å²) in [7, 11) is 0. The van der Waals surface area contributed by atoms with Crippen molar-refractivity contribution in [1.29, 1.82) is 0 Å². The van der Waals surface area contributed by atoms with Crippen LogP contribution >= 0.6 is 11.8 Å². The maximum atomic E-state index is 13.9. The summed E-state index contributed by atoms with van der Waals surface area (Å²) >= 11 is 1.47. The van der Waals surface area contributed by atoms with E-state index in [1.807, 2.05) is 56.3 Å². The summed E-state index contributed by atoms with van der Waals surface area (Å²) in [5.41, 5.74) is 4.78. The number of amides is 1. The minimum Gasteiger partial charge on any atom is -0.324 e. The van der Waals surface area contributed by atoms with E-state index in [9.17, 15) is 9.59 Å². The van der Waals surface area contributed by atoms with Crippen LogP contribution in [0.5, 0.6) is 0 Å². The predicted octanol–water partition coefficient (Wildman–Crippen LogP) is 4.45. The first-order valence-corrected chi connectivity index (χ1v) is 12.4. The van der Waals surface area contributed by atoms with E-state index in [0.717, 1.165) is 29.0 Å². The molecule has 0 fully saturated rings. The van der Waals surface area contributed by atoms with Crippen molar-refractivity contribution in [1.82, 2.24) is 19.2 Å². The second-order valence-electron chi connectivity index (χ2n) is 9.23. The molecule has 34 heavy (non-hydrogen) atoms. The number of fused-ring (bicyclic) bond motifs is 4. The van der Waals surface area contributed by atoms with Crippen LogP contribution in [0.25, 0.3) is 17.0 Å². The summed E-state index contributed by atoms with van der Waals surface area (Å²) in [6, 6.07) is 15.7. The van der Waals surface area contributed by atoms with Crippen LogP contribution in [-0.2, 0) is 23.2 Å². The van der Waals surface area contributed by atoms with Gasteiger partial charge in [0.25, 0.3) is 5.56 Å². The van der Waals surface area contributed by atoms with Crippen molar-refractivity contribution in [3.63, 3.8) is 0 Å². The minimum absolute atomic E-state index is 0.0433. The highest BCUT2D eigenvalue weighted by molar-refractivity contribution is 7.99. The maximum absolute atomic E-state index is 13.9. The molecule has 1 N–H and O–H groups in total. The van der Waals surface area contributed by atoms with Gasteiger partial charge in [-0.25, -0.2) is 14.1 Å². The number of thioether (sulfide) groups is 1. The fraction of sp³-hybridized carbons (Fsp3) is 0.308. The van der Waals surface area contributed by atoms with E-state index in [0.29, 0.717) is 22.2 Å². The first-order chi connectivity index (χ1) is 16.3. The Hall–Kier alpha value is -3.39. The predicted molar refractivity (Wildman–Crippen MR) is 136 cm³/mol. The van der Waals surface area contributed by atoms with E-state index in [4.69, 9.17) is 4.98 Å². The van der Waals surface area contributed by atoms with Crippen molar-refractivity contribution in [2.24, 2.45) is 0 Å². The van der Waals surface area contributed by atoms with Crippen LogP contribution in [0.2, 0.25) is 0 Å². The van der Waals surface area contributed by atoms with Gasteiger partial charge >= 0.3 is 0 Å². The number of carbonyl (C=O) groups is 1. The third kappa shape index (κ3) is 3.72. The van der Waals surface area contributed by atoms with Gasteiger partial charge in [-0.2, -0.15) is 0 Å². The molecule has 0 saturated heterocycles. The van der Waals surface area contributed by atoms with Gasteiger partial charge in [0.2, 0.25) is 11.7 Å². The highest BCUT2D eigenvalue weighted by Crippen LogP contribution is 2.40. The van der Waals surface area contributed by atoms with E-state index in [2.05, 4.69) is 30.3 Å². The van der Waals surface area contributed by atoms with Crippen molar-refractivity contribution >= 4 is 29.1 Å².